The average molecular weight is 479 g/mol. The average Bonchev–Trinajstić information content (AvgIpc) is 2.91. The summed E-state index contributed by atoms with van der Waals surface area (Å²) >= 11 is 0. The summed E-state index contributed by atoms with van der Waals surface area (Å²) in [7, 11) is 2.74. The third kappa shape index (κ3) is 5.39. The second kappa shape index (κ2) is 10.8. The Morgan fingerprint density at radius 3 is 1.22 bits per heavy atom. The highest BCUT2D eigenvalue weighted by atomic mass is 16.5. The van der Waals surface area contributed by atoms with Crippen molar-refractivity contribution in [1.29, 1.82) is 0 Å². The number of methoxy groups -OCH3 is 2. The number of ether oxygens (including phenoxy) is 2. The van der Waals surface area contributed by atoms with Gasteiger partial charge < -0.3 is 9.47 Å². The van der Waals surface area contributed by atoms with Crippen LogP contribution < -0.4 is 0 Å². The standard InChI is InChI=1S/C30H26N2O4/c1-19-17-25(13-15-27(19)21-5-9-23(10-6-21)29(33)35-3)31-32-26-14-16-28(20(2)18-26)22-7-11-24(12-8-22)30(34)36-4/h5-18H,1-4H3. The summed E-state index contributed by atoms with van der Waals surface area (Å²) in [4.78, 5) is 23.3. The van der Waals surface area contributed by atoms with Crippen LogP contribution in [0.3, 0.4) is 0 Å². The molecular formula is C30H26N2O4. The molecule has 0 saturated heterocycles. The predicted molar refractivity (Wildman–Crippen MR) is 140 cm³/mol. The minimum Gasteiger partial charge on any atom is -0.465 e. The van der Waals surface area contributed by atoms with Crippen molar-refractivity contribution in [2.45, 2.75) is 13.8 Å². The molecule has 0 N–H and O–H groups in total. The van der Waals surface area contributed by atoms with Gasteiger partial charge in [0.1, 0.15) is 0 Å². The molecule has 0 spiro atoms. The Kier molecular flexibility index (Phi) is 7.35. The molecule has 0 aliphatic heterocycles. The van der Waals surface area contributed by atoms with Gasteiger partial charge in [0.2, 0.25) is 0 Å². The topological polar surface area (TPSA) is 77.3 Å². The van der Waals surface area contributed by atoms with Gasteiger partial charge in [0, 0.05) is 0 Å². The third-order valence-corrected chi connectivity index (χ3v) is 5.93. The van der Waals surface area contributed by atoms with Gasteiger partial charge in [0.05, 0.1) is 36.7 Å². The van der Waals surface area contributed by atoms with E-state index in [1.165, 1.54) is 14.2 Å². The summed E-state index contributed by atoms with van der Waals surface area (Å²) in [6.07, 6.45) is 0. The minimum absolute atomic E-state index is 0.353. The van der Waals surface area contributed by atoms with E-state index in [0.29, 0.717) is 11.1 Å². The van der Waals surface area contributed by atoms with Crippen LogP contribution in [0.5, 0.6) is 0 Å². The lowest BCUT2D eigenvalue weighted by Crippen LogP contribution is -2.00. The minimum atomic E-state index is -0.353. The van der Waals surface area contributed by atoms with Crippen molar-refractivity contribution in [3.8, 4) is 22.3 Å². The lowest BCUT2D eigenvalue weighted by Gasteiger charge is -2.08. The molecule has 4 aromatic carbocycles. The van der Waals surface area contributed by atoms with Crippen LogP contribution in [-0.2, 0) is 9.47 Å². The van der Waals surface area contributed by atoms with E-state index in [9.17, 15) is 9.59 Å². The Hall–Kier alpha value is -4.58. The summed E-state index contributed by atoms with van der Waals surface area (Å²) in [5.41, 5.74) is 8.78. The molecule has 0 amide bonds. The lowest BCUT2D eigenvalue weighted by molar-refractivity contribution is 0.0592. The molecule has 0 radical (unpaired) electrons. The molecule has 180 valence electrons. The number of hydrogen-bond acceptors (Lipinski definition) is 6. The number of rotatable bonds is 6. The predicted octanol–water partition coefficient (Wildman–Crippen LogP) is 7.63. The highest BCUT2D eigenvalue weighted by molar-refractivity contribution is 5.90. The van der Waals surface area contributed by atoms with Crippen molar-refractivity contribution in [3.63, 3.8) is 0 Å². The van der Waals surface area contributed by atoms with Crippen LogP contribution in [0.2, 0.25) is 0 Å². The molecule has 0 saturated carbocycles. The molecule has 4 aromatic rings. The van der Waals surface area contributed by atoms with Crippen molar-refractivity contribution in [3.05, 3.63) is 107 Å². The van der Waals surface area contributed by atoms with Gasteiger partial charge in [-0.05, 0) is 95.8 Å². The lowest BCUT2D eigenvalue weighted by atomic mass is 9.99. The van der Waals surface area contributed by atoms with Crippen molar-refractivity contribution < 1.29 is 19.1 Å². The van der Waals surface area contributed by atoms with Crippen molar-refractivity contribution in [1.82, 2.24) is 0 Å². The van der Waals surface area contributed by atoms with Crippen LogP contribution in [-0.4, -0.2) is 26.2 Å². The molecule has 36 heavy (non-hydrogen) atoms. The van der Waals surface area contributed by atoms with Crippen LogP contribution in [0.15, 0.2) is 95.2 Å². The first-order valence-electron chi connectivity index (χ1n) is 11.4. The summed E-state index contributed by atoms with van der Waals surface area (Å²) in [5.74, 6) is -0.706. The van der Waals surface area contributed by atoms with Gasteiger partial charge >= 0.3 is 11.9 Å². The van der Waals surface area contributed by atoms with E-state index >= 15 is 0 Å². The van der Waals surface area contributed by atoms with E-state index in [-0.39, 0.29) is 11.9 Å². The largest absolute Gasteiger partial charge is 0.465 e. The molecule has 0 aliphatic rings. The van der Waals surface area contributed by atoms with Crippen LogP contribution in [0.25, 0.3) is 22.3 Å². The van der Waals surface area contributed by atoms with Crippen molar-refractivity contribution in [2.75, 3.05) is 14.2 Å². The molecule has 4 rings (SSSR count). The van der Waals surface area contributed by atoms with Crippen LogP contribution in [0, 0.1) is 13.8 Å². The molecule has 0 aromatic heterocycles. The SMILES string of the molecule is COC(=O)c1ccc(-c2ccc(N=Nc3ccc(-c4ccc(C(=O)OC)cc4)c(C)c3)cc2C)cc1. The maximum atomic E-state index is 11.7. The summed E-state index contributed by atoms with van der Waals surface area (Å²) < 4.78 is 9.52. The van der Waals surface area contributed by atoms with E-state index in [1.807, 2.05) is 74.5 Å². The molecule has 6 nitrogen and oxygen atoms in total. The summed E-state index contributed by atoms with van der Waals surface area (Å²) in [5, 5.41) is 8.83. The highest BCUT2D eigenvalue weighted by Gasteiger charge is 2.09. The fourth-order valence-corrected chi connectivity index (χ4v) is 3.99. The van der Waals surface area contributed by atoms with E-state index in [1.54, 1.807) is 24.3 Å². The Morgan fingerprint density at radius 2 is 0.917 bits per heavy atom. The molecule has 6 heteroatoms. The number of carbonyl (C=O) groups is 2. The monoisotopic (exact) mass is 478 g/mol. The van der Waals surface area contributed by atoms with Crippen molar-refractivity contribution >= 4 is 23.3 Å². The van der Waals surface area contributed by atoms with Crippen molar-refractivity contribution in [2.24, 2.45) is 10.2 Å². The van der Waals surface area contributed by atoms with Gasteiger partial charge in [0.15, 0.2) is 0 Å². The van der Waals surface area contributed by atoms with Gasteiger partial charge in [-0.1, -0.05) is 36.4 Å². The number of aryl methyl sites for hydroxylation is 2. The summed E-state index contributed by atoms with van der Waals surface area (Å²) in [6, 6.07) is 26.5. The zero-order valence-electron chi connectivity index (χ0n) is 20.6. The highest BCUT2D eigenvalue weighted by Crippen LogP contribution is 2.30. The molecular weight excluding hydrogens is 452 g/mol. The fraction of sp³-hybridized carbons (Fsp3) is 0.133. The van der Waals surface area contributed by atoms with Crippen LogP contribution >= 0.6 is 0 Å². The zero-order chi connectivity index (χ0) is 25.7. The Morgan fingerprint density at radius 1 is 0.556 bits per heavy atom. The quantitative estimate of drug-likeness (QED) is 0.211. The Bertz CT molecular complexity index is 1330. The second-order valence-electron chi connectivity index (χ2n) is 8.34. The first kappa shape index (κ1) is 24.5. The Labute approximate surface area is 210 Å². The molecule has 0 unspecified atom stereocenters. The number of nitrogens with zero attached hydrogens (tertiary/aromatic N) is 2. The van der Waals surface area contributed by atoms with E-state index in [2.05, 4.69) is 10.2 Å². The maximum Gasteiger partial charge on any atom is 0.337 e. The van der Waals surface area contributed by atoms with Gasteiger partial charge in [-0.15, -0.1) is 0 Å². The molecule has 0 atom stereocenters. The van der Waals surface area contributed by atoms with Gasteiger partial charge in [0.25, 0.3) is 0 Å². The number of esters is 2. The number of hydrogen-bond donors (Lipinski definition) is 0. The van der Waals surface area contributed by atoms with E-state index in [4.69, 9.17) is 9.47 Å². The molecule has 0 aliphatic carbocycles. The van der Waals surface area contributed by atoms with E-state index in [0.717, 1.165) is 44.8 Å². The van der Waals surface area contributed by atoms with Crippen LogP contribution in [0.1, 0.15) is 31.8 Å². The Balaban J connectivity index is 1.49. The number of benzene rings is 4. The molecule has 0 fully saturated rings. The first-order chi connectivity index (χ1) is 17.4. The third-order valence-electron chi connectivity index (χ3n) is 5.93. The normalized spacial score (nSPS) is 10.9. The maximum absolute atomic E-state index is 11.7. The smallest absolute Gasteiger partial charge is 0.337 e. The second-order valence-corrected chi connectivity index (χ2v) is 8.34. The van der Waals surface area contributed by atoms with Crippen LogP contribution in [0.4, 0.5) is 11.4 Å². The van der Waals surface area contributed by atoms with E-state index < -0.39 is 0 Å². The van der Waals surface area contributed by atoms with Gasteiger partial charge in [-0.2, -0.15) is 10.2 Å². The molecule has 0 heterocycles. The number of carbonyl (C=O) groups excluding carboxylic acids is 2. The zero-order valence-corrected chi connectivity index (χ0v) is 20.6. The summed E-state index contributed by atoms with van der Waals surface area (Å²) in [6.45, 7) is 4.04. The van der Waals surface area contributed by atoms with Gasteiger partial charge in [-0.25, -0.2) is 9.59 Å². The molecule has 0 bridgehead atoms. The fourth-order valence-electron chi connectivity index (χ4n) is 3.99. The first-order valence-corrected chi connectivity index (χ1v) is 11.4. The number of azo groups is 1. The van der Waals surface area contributed by atoms with Gasteiger partial charge in [-0.3, -0.25) is 0 Å².